The minimum absolute atomic E-state index is 0.438. The van der Waals surface area contributed by atoms with Crippen molar-refractivity contribution in [3.8, 4) is 0 Å². The average Bonchev–Trinajstić information content (AvgIpc) is 3.30. The van der Waals surface area contributed by atoms with Crippen molar-refractivity contribution in [1.29, 1.82) is 0 Å². The van der Waals surface area contributed by atoms with Crippen LogP contribution in [0.1, 0.15) is 24.2 Å². The average molecular weight is 347 g/mol. The maximum atomic E-state index is 6.77. The van der Waals surface area contributed by atoms with Gasteiger partial charge in [0.2, 0.25) is 0 Å². The number of imidazole rings is 1. The van der Waals surface area contributed by atoms with Crippen molar-refractivity contribution in [2.75, 3.05) is 18.0 Å². The number of nitrogens with zero attached hydrogens (tertiary/aromatic N) is 4. The molecule has 132 valence electrons. The molecule has 3 aromatic heterocycles. The number of H-pyrrole nitrogens is 2. The van der Waals surface area contributed by atoms with Gasteiger partial charge in [-0.05, 0) is 37.5 Å². The van der Waals surface area contributed by atoms with E-state index in [1.165, 1.54) is 5.56 Å². The number of hydrogen-bond acceptors (Lipinski definition) is 5. The summed E-state index contributed by atoms with van der Waals surface area (Å²) in [4.78, 5) is 22.5. The van der Waals surface area contributed by atoms with Crippen LogP contribution >= 0.6 is 0 Å². The van der Waals surface area contributed by atoms with Crippen molar-refractivity contribution in [3.63, 3.8) is 0 Å². The number of aromatic amines is 2. The number of aryl methyl sites for hydroxylation is 1. The monoisotopic (exact) mass is 347 g/mol. The van der Waals surface area contributed by atoms with E-state index in [0.29, 0.717) is 0 Å². The standard InChI is InChI=1S/C19H21N7/c1-12-3-2-4-14-15(12)25-18(24-14)19(20)6-9-26(10-7-19)17-13-5-8-21-16(13)22-11-23-17/h2-5,8,11H,6-7,9-10,20H2,1H3,(H,24,25)(H,21,22,23). The van der Waals surface area contributed by atoms with Gasteiger partial charge in [0.25, 0.3) is 0 Å². The molecule has 26 heavy (non-hydrogen) atoms. The highest BCUT2D eigenvalue weighted by molar-refractivity contribution is 5.87. The molecule has 1 fully saturated rings. The molecule has 0 bridgehead atoms. The number of aromatic nitrogens is 5. The molecule has 1 aromatic carbocycles. The molecule has 1 saturated heterocycles. The molecule has 7 heteroatoms. The largest absolute Gasteiger partial charge is 0.356 e. The van der Waals surface area contributed by atoms with Crippen molar-refractivity contribution in [3.05, 3.63) is 48.2 Å². The van der Waals surface area contributed by atoms with E-state index in [9.17, 15) is 0 Å². The summed E-state index contributed by atoms with van der Waals surface area (Å²) >= 11 is 0. The Balaban J connectivity index is 1.43. The number of fused-ring (bicyclic) bond motifs is 2. The van der Waals surface area contributed by atoms with Gasteiger partial charge in [-0.2, -0.15) is 0 Å². The highest BCUT2D eigenvalue weighted by Gasteiger charge is 2.36. The van der Waals surface area contributed by atoms with Crippen LogP contribution in [0.2, 0.25) is 0 Å². The van der Waals surface area contributed by atoms with Gasteiger partial charge in [-0.3, -0.25) is 0 Å². The Morgan fingerprint density at radius 3 is 2.81 bits per heavy atom. The number of benzene rings is 1. The Bertz CT molecular complexity index is 1090. The van der Waals surface area contributed by atoms with E-state index >= 15 is 0 Å². The summed E-state index contributed by atoms with van der Waals surface area (Å²) in [6.07, 6.45) is 5.15. The minimum atomic E-state index is -0.438. The lowest BCUT2D eigenvalue weighted by molar-refractivity contribution is 0.327. The topological polar surface area (TPSA) is 99.5 Å². The van der Waals surface area contributed by atoms with Crippen molar-refractivity contribution in [1.82, 2.24) is 24.9 Å². The quantitative estimate of drug-likeness (QED) is 0.517. The first-order valence-corrected chi connectivity index (χ1v) is 8.92. The van der Waals surface area contributed by atoms with Crippen LogP contribution in [0.15, 0.2) is 36.8 Å². The first-order valence-electron chi connectivity index (χ1n) is 8.92. The van der Waals surface area contributed by atoms with E-state index in [0.717, 1.165) is 59.6 Å². The van der Waals surface area contributed by atoms with Gasteiger partial charge in [-0.25, -0.2) is 15.0 Å². The van der Waals surface area contributed by atoms with E-state index < -0.39 is 5.54 Å². The van der Waals surface area contributed by atoms with Crippen LogP contribution in [0, 0.1) is 6.92 Å². The van der Waals surface area contributed by atoms with Crippen LogP contribution in [0.5, 0.6) is 0 Å². The van der Waals surface area contributed by atoms with Crippen LogP contribution in [0.4, 0.5) is 5.82 Å². The van der Waals surface area contributed by atoms with E-state index in [2.05, 4.69) is 37.8 Å². The molecule has 0 radical (unpaired) electrons. The molecule has 0 amide bonds. The predicted octanol–water partition coefficient (Wildman–Crippen LogP) is 2.60. The molecule has 0 spiro atoms. The number of nitrogens with one attached hydrogen (secondary N) is 2. The summed E-state index contributed by atoms with van der Waals surface area (Å²) in [6, 6.07) is 8.18. The van der Waals surface area contributed by atoms with Gasteiger partial charge in [0, 0.05) is 19.3 Å². The lowest BCUT2D eigenvalue weighted by Crippen LogP contribution is -2.49. The zero-order valence-electron chi connectivity index (χ0n) is 14.7. The summed E-state index contributed by atoms with van der Waals surface area (Å²) in [6.45, 7) is 3.76. The van der Waals surface area contributed by atoms with Crippen LogP contribution in [-0.2, 0) is 5.54 Å². The van der Waals surface area contributed by atoms with Gasteiger partial charge in [0.1, 0.15) is 23.6 Å². The number of piperidine rings is 1. The molecule has 7 nitrogen and oxygen atoms in total. The Labute approximate surface area is 150 Å². The molecule has 1 aliphatic heterocycles. The second kappa shape index (κ2) is 5.54. The van der Waals surface area contributed by atoms with Crippen LogP contribution in [0.25, 0.3) is 22.1 Å². The van der Waals surface area contributed by atoms with Gasteiger partial charge < -0.3 is 20.6 Å². The summed E-state index contributed by atoms with van der Waals surface area (Å²) in [5.74, 6) is 1.86. The van der Waals surface area contributed by atoms with E-state index in [-0.39, 0.29) is 0 Å². The Kier molecular flexibility index (Phi) is 3.27. The maximum Gasteiger partial charge on any atom is 0.142 e. The third-order valence-corrected chi connectivity index (χ3v) is 5.49. The van der Waals surface area contributed by atoms with E-state index in [4.69, 9.17) is 10.7 Å². The highest BCUT2D eigenvalue weighted by atomic mass is 15.2. The normalized spacial score (nSPS) is 17.2. The second-order valence-corrected chi connectivity index (χ2v) is 7.13. The molecule has 1 aliphatic rings. The Morgan fingerprint density at radius 1 is 1.15 bits per heavy atom. The molecule has 5 rings (SSSR count). The van der Waals surface area contributed by atoms with Gasteiger partial charge in [-0.15, -0.1) is 0 Å². The zero-order chi connectivity index (χ0) is 17.7. The number of rotatable bonds is 2. The van der Waals surface area contributed by atoms with E-state index in [1.54, 1.807) is 6.33 Å². The second-order valence-electron chi connectivity index (χ2n) is 7.13. The van der Waals surface area contributed by atoms with Crippen molar-refractivity contribution >= 4 is 27.9 Å². The smallest absolute Gasteiger partial charge is 0.142 e. The molecule has 0 atom stereocenters. The number of para-hydroxylation sites is 1. The lowest BCUT2D eigenvalue weighted by Gasteiger charge is -2.38. The first kappa shape index (κ1) is 15.3. The Hall–Kier alpha value is -2.93. The van der Waals surface area contributed by atoms with Gasteiger partial charge in [-0.1, -0.05) is 12.1 Å². The predicted molar refractivity (Wildman–Crippen MR) is 102 cm³/mol. The van der Waals surface area contributed by atoms with Crippen molar-refractivity contribution in [2.24, 2.45) is 5.73 Å². The zero-order valence-corrected chi connectivity index (χ0v) is 14.7. The molecule has 0 unspecified atom stereocenters. The van der Waals surface area contributed by atoms with Gasteiger partial charge >= 0.3 is 0 Å². The molecule has 4 heterocycles. The first-order chi connectivity index (χ1) is 12.6. The summed E-state index contributed by atoms with van der Waals surface area (Å²) in [7, 11) is 0. The van der Waals surface area contributed by atoms with Crippen LogP contribution in [0.3, 0.4) is 0 Å². The van der Waals surface area contributed by atoms with Gasteiger partial charge in [0.05, 0.1) is 22.0 Å². The Morgan fingerprint density at radius 2 is 2.00 bits per heavy atom. The SMILES string of the molecule is Cc1cccc2nc(C3(N)CCN(c4ncnc5[nH]ccc45)CC3)[nH]c12. The van der Waals surface area contributed by atoms with Gasteiger partial charge in [0.15, 0.2) is 0 Å². The fourth-order valence-electron chi connectivity index (χ4n) is 3.88. The molecular formula is C19H21N7. The molecular weight excluding hydrogens is 326 g/mol. The minimum Gasteiger partial charge on any atom is -0.356 e. The third-order valence-electron chi connectivity index (χ3n) is 5.49. The van der Waals surface area contributed by atoms with E-state index in [1.807, 2.05) is 24.4 Å². The number of nitrogens with two attached hydrogens (primary N) is 1. The number of anilines is 1. The fourth-order valence-corrected chi connectivity index (χ4v) is 3.88. The third kappa shape index (κ3) is 2.28. The molecule has 0 aliphatic carbocycles. The fraction of sp³-hybridized carbons (Fsp3) is 0.316. The van der Waals surface area contributed by atoms with Crippen molar-refractivity contribution in [2.45, 2.75) is 25.3 Å². The summed E-state index contributed by atoms with van der Waals surface area (Å²) in [5.41, 5.74) is 10.5. The van der Waals surface area contributed by atoms with Crippen LogP contribution in [-0.4, -0.2) is 38.0 Å². The number of hydrogen-bond donors (Lipinski definition) is 3. The lowest BCUT2D eigenvalue weighted by atomic mass is 9.88. The molecule has 4 aromatic rings. The highest BCUT2D eigenvalue weighted by Crippen LogP contribution is 2.33. The summed E-state index contributed by atoms with van der Waals surface area (Å²) in [5, 5.41) is 1.05. The molecule has 4 N–H and O–H groups in total. The van der Waals surface area contributed by atoms with Crippen molar-refractivity contribution < 1.29 is 0 Å². The summed E-state index contributed by atoms with van der Waals surface area (Å²) < 4.78 is 0. The van der Waals surface area contributed by atoms with Crippen LogP contribution < -0.4 is 10.6 Å². The molecule has 0 saturated carbocycles. The maximum absolute atomic E-state index is 6.77.